The molecule has 154 valence electrons. The average Bonchev–Trinajstić information content (AvgIpc) is 2.94. The molecule has 1 unspecified atom stereocenters. The van der Waals surface area contributed by atoms with Crippen LogP contribution in [-0.4, -0.2) is 31.4 Å². The Morgan fingerprint density at radius 3 is 2.34 bits per heavy atom. The minimum Gasteiger partial charge on any atom is -0.479 e. The molecule has 0 amide bonds. The number of hydrogen-bond acceptors (Lipinski definition) is 4. The Kier molecular flexibility index (Phi) is 5.70. The highest BCUT2D eigenvalue weighted by Crippen LogP contribution is 2.40. The molecule has 2 heterocycles. The molecule has 0 aliphatic rings. The monoisotopic (exact) mass is 415 g/mol. The second-order valence-electron chi connectivity index (χ2n) is 8.04. The van der Waals surface area contributed by atoms with Gasteiger partial charge in [-0.3, -0.25) is 0 Å². The van der Waals surface area contributed by atoms with Crippen molar-refractivity contribution in [2.24, 2.45) is 0 Å². The molecule has 1 aromatic carbocycles. The summed E-state index contributed by atoms with van der Waals surface area (Å²) in [5.41, 5.74) is 3.65. The van der Waals surface area contributed by atoms with E-state index in [1.165, 1.54) is 0 Å². The second-order valence-corrected chi connectivity index (χ2v) is 8.48. The highest BCUT2D eigenvalue weighted by atomic mass is 35.5. The zero-order valence-corrected chi connectivity index (χ0v) is 18.3. The van der Waals surface area contributed by atoms with Gasteiger partial charge < -0.3 is 9.84 Å². The third kappa shape index (κ3) is 4.14. The zero-order chi connectivity index (χ0) is 21.5. The molecule has 0 saturated carbocycles. The van der Waals surface area contributed by atoms with Crippen molar-refractivity contribution in [2.75, 3.05) is 0 Å². The largest absolute Gasteiger partial charge is 0.479 e. The number of pyridine rings is 1. The fourth-order valence-electron chi connectivity index (χ4n) is 3.55. The van der Waals surface area contributed by atoms with Crippen molar-refractivity contribution in [3.05, 3.63) is 46.2 Å². The Balaban J connectivity index is 2.44. The summed E-state index contributed by atoms with van der Waals surface area (Å²) in [6, 6.07) is 7.36. The first-order valence-electron chi connectivity index (χ1n) is 9.57. The summed E-state index contributed by atoms with van der Waals surface area (Å²) in [4.78, 5) is 17.0. The molecule has 3 aromatic rings. The van der Waals surface area contributed by atoms with Gasteiger partial charge in [-0.2, -0.15) is 5.10 Å². The Labute approximate surface area is 175 Å². The number of ether oxygens (including phenoxy) is 1. The molecule has 0 spiro atoms. The van der Waals surface area contributed by atoms with E-state index in [-0.39, 0.29) is 0 Å². The molecular formula is C22H26ClN3O3. The van der Waals surface area contributed by atoms with Crippen LogP contribution in [0.3, 0.4) is 0 Å². The van der Waals surface area contributed by atoms with Crippen LogP contribution in [0.25, 0.3) is 22.2 Å². The van der Waals surface area contributed by atoms with Gasteiger partial charge in [0.15, 0.2) is 11.8 Å². The number of benzene rings is 1. The topological polar surface area (TPSA) is 77.2 Å². The number of hydrogen-bond donors (Lipinski definition) is 1. The van der Waals surface area contributed by atoms with Crippen molar-refractivity contribution in [2.45, 2.75) is 59.8 Å². The van der Waals surface area contributed by atoms with E-state index in [0.717, 1.165) is 27.9 Å². The number of nitrogens with zero attached hydrogens (tertiary/aromatic N) is 3. The van der Waals surface area contributed by atoms with E-state index in [2.05, 4.69) is 5.10 Å². The molecule has 2 aromatic heterocycles. The third-order valence-corrected chi connectivity index (χ3v) is 4.93. The predicted molar refractivity (Wildman–Crippen MR) is 114 cm³/mol. The quantitative estimate of drug-likeness (QED) is 0.609. The summed E-state index contributed by atoms with van der Waals surface area (Å²) in [5, 5.41) is 16.1. The summed E-state index contributed by atoms with van der Waals surface area (Å²) in [7, 11) is 0. The molecule has 7 heteroatoms. The van der Waals surface area contributed by atoms with E-state index in [1.54, 1.807) is 12.1 Å². The number of fused-ring (bicyclic) bond motifs is 1. The molecule has 0 radical (unpaired) electrons. The van der Waals surface area contributed by atoms with Crippen LogP contribution in [-0.2, 0) is 16.1 Å². The SMILES string of the molecule is CCn1nc(C)c2c(-c3ccc(Cl)cc3)c(C(OC(C)(C)C)C(=O)O)c(C)nc21. The lowest BCUT2D eigenvalue weighted by Gasteiger charge is -2.28. The number of aryl methyl sites for hydroxylation is 3. The summed E-state index contributed by atoms with van der Waals surface area (Å²) < 4.78 is 7.82. The molecule has 0 aliphatic carbocycles. The molecule has 1 N–H and O–H groups in total. The molecular weight excluding hydrogens is 390 g/mol. The molecule has 0 aliphatic heterocycles. The fraction of sp³-hybridized carbons (Fsp3) is 0.409. The van der Waals surface area contributed by atoms with Gasteiger partial charge in [0.2, 0.25) is 0 Å². The maximum Gasteiger partial charge on any atom is 0.337 e. The number of carboxylic acid groups (broad SMARTS) is 1. The van der Waals surface area contributed by atoms with Crippen molar-refractivity contribution in [3.63, 3.8) is 0 Å². The number of carboxylic acids is 1. The Hall–Kier alpha value is -2.44. The summed E-state index contributed by atoms with van der Waals surface area (Å²) in [6.45, 7) is 11.9. The van der Waals surface area contributed by atoms with Gasteiger partial charge >= 0.3 is 5.97 Å². The van der Waals surface area contributed by atoms with E-state index in [4.69, 9.17) is 21.3 Å². The summed E-state index contributed by atoms with van der Waals surface area (Å²) >= 11 is 6.10. The minimum absolute atomic E-state index is 0.543. The van der Waals surface area contributed by atoms with Gasteiger partial charge in [0, 0.05) is 28.4 Å². The lowest BCUT2D eigenvalue weighted by molar-refractivity contribution is -0.160. The van der Waals surface area contributed by atoms with Crippen LogP contribution in [0.4, 0.5) is 0 Å². The van der Waals surface area contributed by atoms with Crippen molar-refractivity contribution >= 4 is 28.6 Å². The van der Waals surface area contributed by atoms with Gasteiger partial charge in [0.25, 0.3) is 0 Å². The summed E-state index contributed by atoms with van der Waals surface area (Å²) in [6.07, 6.45) is -1.16. The second kappa shape index (κ2) is 7.76. The standard InChI is InChI=1S/C22H26ClN3O3/c1-7-26-20-17(13(3)25-26)18(14-8-10-15(23)11-9-14)16(12(2)24-20)19(21(27)28)29-22(4,5)6/h8-11,19H,7H2,1-6H3,(H,27,28). The van der Waals surface area contributed by atoms with Crippen LogP contribution in [0.5, 0.6) is 0 Å². The van der Waals surface area contributed by atoms with Crippen LogP contribution in [0.1, 0.15) is 50.8 Å². The number of rotatable bonds is 5. The van der Waals surface area contributed by atoms with Crippen LogP contribution in [0, 0.1) is 13.8 Å². The Morgan fingerprint density at radius 2 is 1.83 bits per heavy atom. The maximum absolute atomic E-state index is 12.3. The highest BCUT2D eigenvalue weighted by Gasteiger charge is 2.33. The predicted octanol–water partition coefficient (Wildman–Crippen LogP) is 5.33. The number of carbonyl (C=O) groups is 1. The van der Waals surface area contributed by atoms with Crippen LogP contribution in [0.15, 0.2) is 24.3 Å². The number of halogens is 1. The van der Waals surface area contributed by atoms with Crippen molar-refractivity contribution in [3.8, 4) is 11.1 Å². The summed E-state index contributed by atoms with van der Waals surface area (Å²) in [5.74, 6) is -1.06. The first kappa shape index (κ1) is 21.3. The van der Waals surface area contributed by atoms with Gasteiger partial charge in [-0.25, -0.2) is 14.5 Å². The van der Waals surface area contributed by atoms with Crippen molar-refractivity contribution in [1.82, 2.24) is 14.8 Å². The molecule has 29 heavy (non-hydrogen) atoms. The average molecular weight is 416 g/mol. The lowest BCUT2D eigenvalue weighted by Crippen LogP contribution is -2.28. The zero-order valence-electron chi connectivity index (χ0n) is 17.6. The first-order chi connectivity index (χ1) is 13.5. The first-order valence-corrected chi connectivity index (χ1v) is 9.95. The molecule has 0 saturated heterocycles. The van der Waals surface area contributed by atoms with E-state index in [0.29, 0.717) is 22.8 Å². The van der Waals surface area contributed by atoms with Crippen LogP contribution < -0.4 is 0 Å². The Morgan fingerprint density at radius 1 is 1.21 bits per heavy atom. The molecule has 0 bridgehead atoms. The fourth-order valence-corrected chi connectivity index (χ4v) is 3.68. The van der Waals surface area contributed by atoms with Gasteiger partial charge in [0.05, 0.1) is 16.7 Å². The maximum atomic E-state index is 12.3. The number of aromatic nitrogens is 3. The Bertz CT molecular complexity index is 1070. The molecule has 1 atom stereocenters. The van der Waals surface area contributed by atoms with Crippen molar-refractivity contribution in [1.29, 1.82) is 0 Å². The van der Waals surface area contributed by atoms with Crippen LogP contribution >= 0.6 is 11.6 Å². The van der Waals surface area contributed by atoms with Gasteiger partial charge in [0.1, 0.15) is 0 Å². The van der Waals surface area contributed by atoms with Crippen molar-refractivity contribution < 1.29 is 14.6 Å². The van der Waals surface area contributed by atoms with E-state index in [1.807, 2.05) is 58.4 Å². The normalized spacial score (nSPS) is 13.1. The van der Waals surface area contributed by atoms with Gasteiger partial charge in [-0.15, -0.1) is 0 Å². The molecule has 6 nitrogen and oxygen atoms in total. The van der Waals surface area contributed by atoms with Gasteiger partial charge in [-0.05, 0) is 59.2 Å². The minimum atomic E-state index is -1.16. The van der Waals surface area contributed by atoms with E-state index >= 15 is 0 Å². The molecule has 0 fully saturated rings. The highest BCUT2D eigenvalue weighted by molar-refractivity contribution is 6.30. The van der Waals surface area contributed by atoms with E-state index in [9.17, 15) is 9.90 Å². The van der Waals surface area contributed by atoms with E-state index < -0.39 is 17.7 Å². The number of aliphatic carboxylic acids is 1. The smallest absolute Gasteiger partial charge is 0.337 e. The van der Waals surface area contributed by atoms with Crippen LogP contribution in [0.2, 0.25) is 5.02 Å². The molecule has 3 rings (SSSR count). The lowest BCUT2D eigenvalue weighted by atomic mass is 9.91. The van der Waals surface area contributed by atoms with Gasteiger partial charge in [-0.1, -0.05) is 23.7 Å². The third-order valence-electron chi connectivity index (χ3n) is 4.67.